The monoisotopic (exact) mass is 397 g/mol. The van der Waals surface area contributed by atoms with Gasteiger partial charge in [-0.3, -0.25) is 0 Å². The molecule has 0 saturated carbocycles. The van der Waals surface area contributed by atoms with Crippen LogP contribution in [0.2, 0.25) is 5.15 Å². The van der Waals surface area contributed by atoms with Crippen molar-refractivity contribution >= 4 is 22.6 Å². The highest BCUT2D eigenvalue weighted by Crippen LogP contribution is 2.36. The lowest BCUT2D eigenvalue weighted by Crippen LogP contribution is -2.17. The van der Waals surface area contributed by atoms with Gasteiger partial charge in [0.05, 0.1) is 11.4 Å². The maximum absolute atomic E-state index is 14.1. The lowest BCUT2D eigenvalue weighted by molar-refractivity contribution is 0.232. The molecule has 3 aromatic rings. The van der Waals surface area contributed by atoms with Gasteiger partial charge in [0.25, 0.3) is 0 Å². The summed E-state index contributed by atoms with van der Waals surface area (Å²) >= 11 is 6.26. The molecule has 0 aliphatic heterocycles. The van der Waals surface area contributed by atoms with Gasteiger partial charge in [-0.1, -0.05) is 17.7 Å². The fraction of sp³-hybridized carbons (Fsp3) is 0.364. The van der Waals surface area contributed by atoms with E-state index in [-0.39, 0.29) is 18.0 Å². The first-order valence-electron chi connectivity index (χ1n) is 9.74. The number of allylic oxidation sites excluding steroid dienone is 1. The van der Waals surface area contributed by atoms with Crippen molar-refractivity contribution in [2.24, 2.45) is 0 Å². The second kappa shape index (κ2) is 6.89. The van der Waals surface area contributed by atoms with E-state index in [9.17, 15) is 4.39 Å². The van der Waals surface area contributed by atoms with Crippen LogP contribution in [0.1, 0.15) is 42.0 Å². The SMILES string of the molecule is Cc1cn([C@H]2C=C[C@@H](Oc3ccc(F)c4c3CCCC4)C2)c2ncnc(Cl)c12. The van der Waals surface area contributed by atoms with E-state index in [0.29, 0.717) is 5.15 Å². The number of halogens is 2. The van der Waals surface area contributed by atoms with Crippen molar-refractivity contribution in [2.45, 2.75) is 51.2 Å². The molecule has 2 atom stereocenters. The summed E-state index contributed by atoms with van der Waals surface area (Å²) in [7, 11) is 0. The van der Waals surface area contributed by atoms with Crippen LogP contribution < -0.4 is 4.74 Å². The molecule has 0 radical (unpaired) electrons. The molecule has 0 fully saturated rings. The molecule has 0 spiro atoms. The van der Waals surface area contributed by atoms with Crippen LogP contribution >= 0.6 is 11.6 Å². The summed E-state index contributed by atoms with van der Waals surface area (Å²) in [5.41, 5.74) is 3.78. The molecule has 2 aliphatic carbocycles. The molecule has 2 aromatic heterocycles. The van der Waals surface area contributed by atoms with E-state index in [2.05, 4.69) is 32.9 Å². The number of aromatic nitrogens is 3. The number of aryl methyl sites for hydroxylation is 1. The molecule has 2 heterocycles. The maximum atomic E-state index is 14.1. The van der Waals surface area contributed by atoms with Crippen molar-refractivity contribution in [2.75, 3.05) is 0 Å². The molecule has 144 valence electrons. The van der Waals surface area contributed by atoms with Crippen LogP contribution in [0.4, 0.5) is 4.39 Å². The minimum absolute atomic E-state index is 0.0449. The van der Waals surface area contributed by atoms with Gasteiger partial charge in [-0.05, 0) is 61.9 Å². The highest BCUT2D eigenvalue weighted by atomic mass is 35.5. The summed E-state index contributed by atoms with van der Waals surface area (Å²) in [6.45, 7) is 2.02. The molecular formula is C22H21ClFN3O. The molecular weight excluding hydrogens is 377 g/mol. The average molecular weight is 398 g/mol. The van der Waals surface area contributed by atoms with E-state index in [4.69, 9.17) is 16.3 Å². The smallest absolute Gasteiger partial charge is 0.145 e. The van der Waals surface area contributed by atoms with Gasteiger partial charge < -0.3 is 9.30 Å². The van der Waals surface area contributed by atoms with Gasteiger partial charge in [-0.2, -0.15) is 0 Å². The molecule has 28 heavy (non-hydrogen) atoms. The first-order valence-corrected chi connectivity index (χ1v) is 10.1. The summed E-state index contributed by atoms with van der Waals surface area (Å²) in [5, 5.41) is 1.38. The number of nitrogens with zero attached hydrogens (tertiary/aromatic N) is 3. The molecule has 1 aromatic carbocycles. The van der Waals surface area contributed by atoms with Gasteiger partial charge in [-0.15, -0.1) is 0 Å². The van der Waals surface area contributed by atoms with Crippen LogP contribution in [0.5, 0.6) is 5.75 Å². The van der Waals surface area contributed by atoms with Crippen molar-refractivity contribution in [3.8, 4) is 5.75 Å². The molecule has 2 aliphatic rings. The van der Waals surface area contributed by atoms with E-state index < -0.39 is 0 Å². The van der Waals surface area contributed by atoms with Gasteiger partial charge in [0.1, 0.15) is 34.8 Å². The standard InChI is InChI=1S/C22H21ClFN3O/c1-13-11-27(22-20(13)21(23)25-12-26-22)14-6-7-15(10-14)28-19-9-8-18(24)16-4-2-3-5-17(16)19/h6-9,11-12,14-15H,2-5,10H2,1H3/t14-,15+/m0/s1. The Morgan fingerprint density at radius 2 is 1.96 bits per heavy atom. The molecule has 0 bridgehead atoms. The van der Waals surface area contributed by atoms with Crippen LogP contribution in [0.3, 0.4) is 0 Å². The third kappa shape index (κ3) is 2.89. The Morgan fingerprint density at radius 3 is 2.82 bits per heavy atom. The van der Waals surface area contributed by atoms with E-state index >= 15 is 0 Å². The molecule has 0 amide bonds. The van der Waals surface area contributed by atoms with Gasteiger partial charge in [0, 0.05) is 18.2 Å². The Hall–Kier alpha value is -2.40. The van der Waals surface area contributed by atoms with Crippen LogP contribution in [-0.4, -0.2) is 20.6 Å². The van der Waals surface area contributed by atoms with E-state index in [1.807, 2.05) is 6.92 Å². The zero-order chi connectivity index (χ0) is 19.3. The van der Waals surface area contributed by atoms with Crippen molar-refractivity contribution in [1.82, 2.24) is 14.5 Å². The molecule has 5 rings (SSSR count). The van der Waals surface area contributed by atoms with Gasteiger partial charge in [0.2, 0.25) is 0 Å². The predicted octanol–water partition coefficient (Wildman–Crippen LogP) is 5.36. The number of ether oxygens (including phenoxy) is 1. The van der Waals surface area contributed by atoms with Gasteiger partial charge >= 0.3 is 0 Å². The Balaban J connectivity index is 1.40. The summed E-state index contributed by atoms with van der Waals surface area (Å²) in [5.74, 6) is 0.720. The van der Waals surface area contributed by atoms with Crippen LogP contribution in [0, 0.1) is 12.7 Å². The van der Waals surface area contributed by atoms with Crippen LogP contribution in [0.25, 0.3) is 11.0 Å². The Labute approximate surface area is 168 Å². The second-order valence-electron chi connectivity index (χ2n) is 7.64. The number of rotatable bonds is 3. The summed E-state index contributed by atoms with van der Waals surface area (Å²) in [6.07, 6.45) is 12.4. The van der Waals surface area contributed by atoms with Gasteiger partial charge in [0.15, 0.2) is 0 Å². The second-order valence-corrected chi connectivity index (χ2v) is 7.99. The zero-order valence-corrected chi connectivity index (χ0v) is 16.4. The van der Waals surface area contributed by atoms with Crippen molar-refractivity contribution < 1.29 is 9.13 Å². The lowest BCUT2D eigenvalue weighted by Gasteiger charge is -2.22. The first-order chi connectivity index (χ1) is 13.6. The first kappa shape index (κ1) is 17.7. The Kier molecular flexibility index (Phi) is 4.35. The number of hydrogen-bond donors (Lipinski definition) is 0. The fourth-order valence-corrected chi connectivity index (χ4v) is 4.76. The summed E-state index contributed by atoms with van der Waals surface area (Å²) in [6, 6.07) is 3.46. The Bertz CT molecular complexity index is 1090. The summed E-state index contributed by atoms with van der Waals surface area (Å²) in [4.78, 5) is 8.53. The van der Waals surface area contributed by atoms with E-state index in [1.54, 1.807) is 6.07 Å². The molecule has 4 nitrogen and oxygen atoms in total. The van der Waals surface area contributed by atoms with Crippen LogP contribution in [-0.2, 0) is 12.8 Å². The third-order valence-corrected chi connectivity index (χ3v) is 6.13. The highest BCUT2D eigenvalue weighted by molar-refractivity contribution is 6.34. The molecule has 6 heteroatoms. The topological polar surface area (TPSA) is 39.9 Å². The molecule has 0 saturated heterocycles. The fourth-order valence-electron chi connectivity index (χ4n) is 4.48. The normalized spacial score (nSPS) is 21.2. The number of benzene rings is 1. The largest absolute Gasteiger partial charge is 0.486 e. The highest BCUT2D eigenvalue weighted by Gasteiger charge is 2.26. The maximum Gasteiger partial charge on any atom is 0.145 e. The van der Waals surface area contributed by atoms with Crippen molar-refractivity contribution in [3.63, 3.8) is 0 Å². The zero-order valence-electron chi connectivity index (χ0n) is 15.7. The van der Waals surface area contributed by atoms with Crippen molar-refractivity contribution in [3.05, 3.63) is 64.5 Å². The van der Waals surface area contributed by atoms with E-state index in [1.165, 1.54) is 12.4 Å². The van der Waals surface area contributed by atoms with E-state index in [0.717, 1.165) is 65.6 Å². The van der Waals surface area contributed by atoms with Gasteiger partial charge in [-0.25, -0.2) is 14.4 Å². The summed E-state index contributed by atoms with van der Waals surface area (Å²) < 4.78 is 22.6. The molecule has 0 unspecified atom stereocenters. The predicted molar refractivity (Wildman–Crippen MR) is 108 cm³/mol. The quantitative estimate of drug-likeness (QED) is 0.441. The number of hydrogen-bond acceptors (Lipinski definition) is 3. The third-order valence-electron chi connectivity index (χ3n) is 5.84. The van der Waals surface area contributed by atoms with Crippen molar-refractivity contribution in [1.29, 1.82) is 0 Å². The average Bonchev–Trinajstić information content (AvgIpc) is 3.29. The Morgan fingerprint density at radius 1 is 1.14 bits per heavy atom. The lowest BCUT2D eigenvalue weighted by atomic mass is 9.90. The minimum Gasteiger partial charge on any atom is -0.486 e. The number of fused-ring (bicyclic) bond motifs is 2. The minimum atomic E-state index is -0.104. The molecule has 0 N–H and O–H groups in total. The van der Waals surface area contributed by atoms with Crippen LogP contribution in [0.15, 0.2) is 36.8 Å².